The number of nitrogens with zero attached hydrogens (tertiary/aromatic N) is 1. The molecule has 0 aliphatic heterocycles. The Morgan fingerprint density at radius 1 is 1.25 bits per heavy atom. The Morgan fingerprint density at radius 2 is 2.00 bits per heavy atom. The van der Waals surface area contributed by atoms with E-state index in [0.717, 1.165) is 18.1 Å². The summed E-state index contributed by atoms with van der Waals surface area (Å²) in [6, 6.07) is 6.69. The first-order valence-electron chi connectivity index (χ1n) is 6.43. The Morgan fingerprint density at radius 3 is 2.60 bits per heavy atom. The van der Waals surface area contributed by atoms with Crippen LogP contribution < -0.4 is 10.0 Å². The fraction of sp³-hybridized carbons (Fsp3) is 0.308. The molecule has 108 valence electrons. The molecule has 1 aromatic carbocycles. The van der Waals surface area contributed by atoms with Crippen LogP contribution in [-0.2, 0) is 16.4 Å². The van der Waals surface area contributed by atoms with Gasteiger partial charge in [0, 0.05) is 37.6 Å². The van der Waals surface area contributed by atoms with Crippen LogP contribution in [0.15, 0.2) is 41.6 Å². The molecule has 0 aliphatic rings. The van der Waals surface area contributed by atoms with Crippen molar-refractivity contribution in [3.63, 3.8) is 0 Å². The Balaban J connectivity index is 1.95. The molecular formula is C13H18N4O2S. The molecule has 2 aromatic rings. The van der Waals surface area contributed by atoms with E-state index in [1.54, 1.807) is 36.7 Å². The number of sulfonamides is 1. The van der Waals surface area contributed by atoms with Gasteiger partial charge in [0.15, 0.2) is 0 Å². The lowest BCUT2D eigenvalue weighted by Gasteiger charge is -2.07. The minimum Gasteiger partial charge on any atom is -0.385 e. The van der Waals surface area contributed by atoms with Crippen molar-refractivity contribution in [2.24, 2.45) is 0 Å². The molecule has 7 heteroatoms. The van der Waals surface area contributed by atoms with E-state index in [9.17, 15) is 8.42 Å². The summed E-state index contributed by atoms with van der Waals surface area (Å²) in [6.07, 6.45) is 3.88. The molecular weight excluding hydrogens is 276 g/mol. The van der Waals surface area contributed by atoms with Gasteiger partial charge in [0.2, 0.25) is 10.0 Å². The van der Waals surface area contributed by atoms with Gasteiger partial charge in [0.05, 0.1) is 4.90 Å². The van der Waals surface area contributed by atoms with Crippen molar-refractivity contribution < 1.29 is 8.42 Å². The molecule has 1 aromatic heterocycles. The second-order valence-electron chi connectivity index (χ2n) is 4.24. The van der Waals surface area contributed by atoms with Crippen molar-refractivity contribution in [3.8, 4) is 0 Å². The smallest absolute Gasteiger partial charge is 0.240 e. The maximum absolute atomic E-state index is 12.1. The van der Waals surface area contributed by atoms with Gasteiger partial charge < -0.3 is 10.3 Å². The highest BCUT2D eigenvalue weighted by molar-refractivity contribution is 7.89. The largest absolute Gasteiger partial charge is 0.385 e. The molecule has 3 N–H and O–H groups in total. The van der Waals surface area contributed by atoms with Gasteiger partial charge in [-0.15, -0.1) is 0 Å². The highest BCUT2D eigenvalue weighted by atomic mass is 32.2. The zero-order valence-electron chi connectivity index (χ0n) is 11.3. The molecule has 1 heterocycles. The van der Waals surface area contributed by atoms with Gasteiger partial charge in [-0.2, -0.15) is 0 Å². The van der Waals surface area contributed by atoms with Gasteiger partial charge in [0.25, 0.3) is 0 Å². The zero-order valence-corrected chi connectivity index (χ0v) is 12.1. The monoisotopic (exact) mass is 294 g/mol. The van der Waals surface area contributed by atoms with E-state index >= 15 is 0 Å². The second kappa shape index (κ2) is 6.53. The standard InChI is InChI=1S/C13H18N4O2S/c1-2-14-11-3-5-12(6-4-11)20(18,19)17-8-7-13-15-9-10-16-13/h3-6,9-10,14,17H,2,7-8H2,1H3,(H,15,16). The van der Waals surface area contributed by atoms with Gasteiger partial charge in [-0.05, 0) is 31.2 Å². The lowest BCUT2D eigenvalue weighted by atomic mass is 10.3. The van der Waals surface area contributed by atoms with E-state index in [0.29, 0.717) is 13.0 Å². The molecule has 20 heavy (non-hydrogen) atoms. The Hall–Kier alpha value is -1.86. The number of hydrogen-bond acceptors (Lipinski definition) is 4. The van der Waals surface area contributed by atoms with Crippen LogP contribution in [0.4, 0.5) is 5.69 Å². The maximum atomic E-state index is 12.1. The minimum atomic E-state index is -3.46. The predicted molar refractivity (Wildman–Crippen MR) is 78.1 cm³/mol. The van der Waals surface area contributed by atoms with Gasteiger partial charge >= 0.3 is 0 Å². The molecule has 0 unspecified atom stereocenters. The van der Waals surface area contributed by atoms with Gasteiger partial charge in [-0.25, -0.2) is 18.1 Å². The average Bonchev–Trinajstić information content (AvgIpc) is 2.93. The van der Waals surface area contributed by atoms with Crippen LogP contribution in [0.1, 0.15) is 12.7 Å². The Bertz CT molecular complexity index is 621. The van der Waals surface area contributed by atoms with E-state index in [1.165, 1.54) is 0 Å². The first-order chi connectivity index (χ1) is 9.62. The molecule has 0 bridgehead atoms. The van der Waals surface area contributed by atoms with Crippen molar-refractivity contribution in [3.05, 3.63) is 42.5 Å². The zero-order chi connectivity index (χ0) is 14.4. The van der Waals surface area contributed by atoms with Crippen molar-refractivity contribution in [2.75, 3.05) is 18.4 Å². The number of anilines is 1. The fourth-order valence-corrected chi connectivity index (χ4v) is 2.81. The van der Waals surface area contributed by atoms with Gasteiger partial charge in [0.1, 0.15) is 5.82 Å². The SMILES string of the molecule is CCNc1ccc(S(=O)(=O)NCCc2ncc[nH]2)cc1. The van der Waals surface area contributed by atoms with Crippen molar-refractivity contribution in [1.29, 1.82) is 0 Å². The molecule has 0 saturated carbocycles. The van der Waals surface area contributed by atoms with Crippen LogP contribution in [0, 0.1) is 0 Å². The van der Waals surface area contributed by atoms with Crippen LogP contribution in [0.25, 0.3) is 0 Å². The molecule has 0 radical (unpaired) electrons. The third kappa shape index (κ3) is 3.82. The molecule has 6 nitrogen and oxygen atoms in total. The summed E-state index contributed by atoms with van der Waals surface area (Å²) in [5.74, 6) is 0.759. The summed E-state index contributed by atoms with van der Waals surface area (Å²) in [4.78, 5) is 7.24. The number of rotatable bonds is 7. The van der Waals surface area contributed by atoms with Crippen LogP contribution in [0.2, 0.25) is 0 Å². The number of H-pyrrole nitrogens is 1. The quantitative estimate of drug-likeness (QED) is 0.719. The molecule has 0 amide bonds. The number of hydrogen-bond donors (Lipinski definition) is 3. The summed E-state index contributed by atoms with van der Waals surface area (Å²) in [5.41, 5.74) is 0.905. The van der Waals surface area contributed by atoms with E-state index in [4.69, 9.17) is 0 Å². The summed E-state index contributed by atoms with van der Waals surface area (Å²) in [6.45, 7) is 3.10. The third-order valence-electron chi connectivity index (χ3n) is 2.75. The van der Waals surface area contributed by atoms with Gasteiger partial charge in [-0.3, -0.25) is 0 Å². The van der Waals surface area contributed by atoms with Crippen LogP contribution in [0.5, 0.6) is 0 Å². The summed E-state index contributed by atoms with van der Waals surface area (Å²) >= 11 is 0. The van der Waals surface area contributed by atoms with E-state index in [-0.39, 0.29) is 4.90 Å². The van der Waals surface area contributed by atoms with Crippen molar-refractivity contribution in [1.82, 2.24) is 14.7 Å². The Kier molecular flexibility index (Phi) is 4.75. The van der Waals surface area contributed by atoms with E-state index < -0.39 is 10.0 Å². The van der Waals surface area contributed by atoms with Crippen molar-refractivity contribution >= 4 is 15.7 Å². The van der Waals surface area contributed by atoms with Gasteiger partial charge in [-0.1, -0.05) is 0 Å². The molecule has 0 fully saturated rings. The van der Waals surface area contributed by atoms with Crippen molar-refractivity contribution in [2.45, 2.75) is 18.2 Å². The number of benzene rings is 1. The Labute approximate surface area is 118 Å². The summed E-state index contributed by atoms with van der Waals surface area (Å²) in [7, 11) is -3.46. The number of nitrogens with one attached hydrogen (secondary N) is 3. The molecule has 0 atom stereocenters. The summed E-state index contributed by atoms with van der Waals surface area (Å²) in [5, 5.41) is 3.12. The van der Waals surface area contributed by atoms with Crippen LogP contribution in [-0.4, -0.2) is 31.5 Å². The first kappa shape index (κ1) is 14.5. The molecule has 2 rings (SSSR count). The highest BCUT2D eigenvalue weighted by Crippen LogP contribution is 2.13. The van der Waals surface area contributed by atoms with E-state index in [1.807, 2.05) is 6.92 Å². The lowest BCUT2D eigenvalue weighted by Crippen LogP contribution is -2.26. The van der Waals surface area contributed by atoms with Crippen LogP contribution >= 0.6 is 0 Å². The molecule has 0 aliphatic carbocycles. The second-order valence-corrected chi connectivity index (χ2v) is 6.01. The van der Waals surface area contributed by atoms with Crippen LogP contribution in [0.3, 0.4) is 0 Å². The number of aromatic nitrogens is 2. The normalized spacial score (nSPS) is 11.4. The average molecular weight is 294 g/mol. The third-order valence-corrected chi connectivity index (χ3v) is 4.23. The van der Waals surface area contributed by atoms with E-state index in [2.05, 4.69) is 20.0 Å². The fourth-order valence-electron chi connectivity index (χ4n) is 1.78. The topological polar surface area (TPSA) is 86.9 Å². The minimum absolute atomic E-state index is 0.263. The lowest BCUT2D eigenvalue weighted by molar-refractivity contribution is 0.581. The number of imidazole rings is 1. The molecule has 0 saturated heterocycles. The highest BCUT2D eigenvalue weighted by Gasteiger charge is 2.13. The predicted octanol–water partition coefficient (Wildman–Crippen LogP) is 1.36. The first-order valence-corrected chi connectivity index (χ1v) is 7.92. The molecule has 0 spiro atoms. The summed E-state index contributed by atoms with van der Waals surface area (Å²) < 4.78 is 26.7. The number of aromatic amines is 1. The maximum Gasteiger partial charge on any atom is 0.240 e.